The summed E-state index contributed by atoms with van der Waals surface area (Å²) in [5.41, 5.74) is 7.41. The molecule has 1 heterocycles. The van der Waals surface area contributed by atoms with Crippen LogP contribution in [0.25, 0.3) is 0 Å². The maximum atomic E-state index is 11.5. The van der Waals surface area contributed by atoms with Crippen molar-refractivity contribution in [1.82, 2.24) is 15.1 Å². The van der Waals surface area contributed by atoms with Crippen LogP contribution in [0.1, 0.15) is 38.1 Å². The summed E-state index contributed by atoms with van der Waals surface area (Å²) in [5, 5.41) is 6.77. The third-order valence-electron chi connectivity index (χ3n) is 2.54. The number of aryl methyl sites for hydroxylation is 1. The molecule has 1 amide bonds. The zero-order valence-electron chi connectivity index (χ0n) is 11.7. The predicted molar refractivity (Wildman–Crippen MR) is 69.1 cm³/mol. The molecular formula is C12H22N4O2. The third kappa shape index (κ3) is 4.03. The number of carbonyl (C=O) groups excluding carboxylic acids is 1. The number of rotatable bonds is 3. The van der Waals surface area contributed by atoms with Gasteiger partial charge in [-0.2, -0.15) is 5.10 Å². The van der Waals surface area contributed by atoms with Crippen LogP contribution in [0.5, 0.6) is 0 Å². The summed E-state index contributed by atoms with van der Waals surface area (Å²) < 4.78 is 6.89. The highest BCUT2D eigenvalue weighted by molar-refractivity contribution is 5.67. The van der Waals surface area contributed by atoms with E-state index in [-0.39, 0.29) is 6.04 Å². The van der Waals surface area contributed by atoms with Crippen LogP contribution >= 0.6 is 0 Å². The summed E-state index contributed by atoms with van der Waals surface area (Å²) >= 11 is 0. The van der Waals surface area contributed by atoms with E-state index in [0.717, 1.165) is 11.3 Å². The molecule has 102 valence electrons. The first-order valence-electron chi connectivity index (χ1n) is 5.91. The minimum atomic E-state index is -0.502. The van der Waals surface area contributed by atoms with E-state index in [1.807, 2.05) is 34.7 Å². The van der Waals surface area contributed by atoms with Gasteiger partial charge in [0, 0.05) is 24.8 Å². The first-order chi connectivity index (χ1) is 8.20. The van der Waals surface area contributed by atoms with Crippen molar-refractivity contribution in [2.75, 3.05) is 6.54 Å². The fraction of sp³-hybridized carbons (Fsp3) is 0.667. The Hall–Kier alpha value is -1.56. The quantitative estimate of drug-likeness (QED) is 0.850. The second-order valence-corrected chi connectivity index (χ2v) is 5.30. The van der Waals surface area contributed by atoms with Gasteiger partial charge in [-0.05, 0) is 27.7 Å². The van der Waals surface area contributed by atoms with Crippen LogP contribution in [0, 0.1) is 6.92 Å². The van der Waals surface area contributed by atoms with Crippen molar-refractivity contribution in [2.24, 2.45) is 12.8 Å². The second kappa shape index (κ2) is 5.39. The Morgan fingerprint density at radius 2 is 2.22 bits per heavy atom. The van der Waals surface area contributed by atoms with Gasteiger partial charge in [0.2, 0.25) is 0 Å². The number of amides is 1. The predicted octanol–water partition coefficient (Wildman–Crippen LogP) is 1.25. The maximum Gasteiger partial charge on any atom is 0.407 e. The van der Waals surface area contributed by atoms with Gasteiger partial charge in [0.25, 0.3) is 0 Å². The molecule has 0 aliphatic rings. The monoisotopic (exact) mass is 254 g/mol. The minimum absolute atomic E-state index is 0.286. The number of carbonyl (C=O) groups is 1. The number of hydrogen-bond donors (Lipinski definition) is 2. The maximum absolute atomic E-state index is 11.5. The molecule has 0 spiro atoms. The summed E-state index contributed by atoms with van der Waals surface area (Å²) in [6.07, 6.45) is 1.26. The lowest BCUT2D eigenvalue weighted by atomic mass is 10.1. The summed E-state index contributed by atoms with van der Waals surface area (Å²) in [6, 6.07) is -0.286. The molecule has 6 heteroatoms. The standard InChI is InChI=1S/C12H22N4O2/c1-8-9(6-15-16(8)5)10(13)7-14-11(17)18-12(2,3)4/h6,10H,7,13H2,1-5H3,(H,14,17). The van der Waals surface area contributed by atoms with E-state index >= 15 is 0 Å². The SMILES string of the molecule is Cc1c(C(N)CNC(=O)OC(C)(C)C)cnn1C. The summed E-state index contributed by atoms with van der Waals surface area (Å²) in [4.78, 5) is 11.5. The molecule has 1 unspecified atom stereocenters. The Kier molecular flexibility index (Phi) is 4.34. The first kappa shape index (κ1) is 14.5. The normalized spacial score (nSPS) is 13.2. The fourth-order valence-corrected chi connectivity index (χ4v) is 1.50. The van der Waals surface area contributed by atoms with Gasteiger partial charge in [0.05, 0.1) is 12.2 Å². The average Bonchev–Trinajstić information content (AvgIpc) is 2.54. The lowest BCUT2D eigenvalue weighted by Gasteiger charge is -2.20. The van der Waals surface area contributed by atoms with Crippen molar-refractivity contribution in [1.29, 1.82) is 0 Å². The van der Waals surface area contributed by atoms with Gasteiger partial charge in [0.15, 0.2) is 0 Å². The molecule has 0 saturated heterocycles. The van der Waals surface area contributed by atoms with Crippen molar-refractivity contribution < 1.29 is 9.53 Å². The van der Waals surface area contributed by atoms with Crippen LogP contribution in [0.3, 0.4) is 0 Å². The zero-order valence-corrected chi connectivity index (χ0v) is 11.7. The van der Waals surface area contributed by atoms with E-state index in [9.17, 15) is 4.79 Å². The second-order valence-electron chi connectivity index (χ2n) is 5.30. The van der Waals surface area contributed by atoms with Gasteiger partial charge < -0.3 is 15.8 Å². The molecule has 0 bridgehead atoms. The van der Waals surface area contributed by atoms with E-state index in [4.69, 9.17) is 10.5 Å². The van der Waals surface area contributed by atoms with Crippen LogP contribution in [0.4, 0.5) is 4.79 Å². The number of aromatic nitrogens is 2. The van der Waals surface area contributed by atoms with E-state index in [0.29, 0.717) is 6.54 Å². The molecule has 0 saturated carbocycles. The van der Waals surface area contributed by atoms with Crippen LogP contribution in [-0.4, -0.2) is 28.0 Å². The van der Waals surface area contributed by atoms with Gasteiger partial charge >= 0.3 is 6.09 Å². The van der Waals surface area contributed by atoms with E-state index in [2.05, 4.69) is 10.4 Å². The number of nitrogens with one attached hydrogen (secondary N) is 1. The molecular weight excluding hydrogens is 232 g/mol. The molecule has 18 heavy (non-hydrogen) atoms. The average molecular weight is 254 g/mol. The highest BCUT2D eigenvalue weighted by atomic mass is 16.6. The molecule has 0 aromatic carbocycles. The Morgan fingerprint density at radius 1 is 1.61 bits per heavy atom. The first-order valence-corrected chi connectivity index (χ1v) is 5.91. The molecule has 0 aliphatic heterocycles. The highest BCUT2D eigenvalue weighted by Gasteiger charge is 2.18. The molecule has 0 aliphatic carbocycles. The smallest absolute Gasteiger partial charge is 0.407 e. The van der Waals surface area contributed by atoms with Crippen molar-refractivity contribution in [2.45, 2.75) is 39.3 Å². The summed E-state index contributed by atoms with van der Waals surface area (Å²) in [6.45, 7) is 7.71. The van der Waals surface area contributed by atoms with Crippen LogP contribution in [0.2, 0.25) is 0 Å². The molecule has 0 fully saturated rings. The Bertz CT molecular complexity index is 420. The van der Waals surface area contributed by atoms with Gasteiger partial charge in [0.1, 0.15) is 5.60 Å². The zero-order chi connectivity index (χ0) is 13.9. The minimum Gasteiger partial charge on any atom is -0.444 e. The largest absolute Gasteiger partial charge is 0.444 e. The molecule has 3 N–H and O–H groups in total. The number of ether oxygens (including phenoxy) is 1. The number of nitrogens with two attached hydrogens (primary N) is 1. The van der Waals surface area contributed by atoms with Crippen molar-refractivity contribution in [3.8, 4) is 0 Å². The molecule has 1 aromatic heterocycles. The number of alkyl carbamates (subject to hydrolysis) is 1. The lowest BCUT2D eigenvalue weighted by Crippen LogP contribution is -2.36. The lowest BCUT2D eigenvalue weighted by molar-refractivity contribution is 0.0524. The topological polar surface area (TPSA) is 82.2 Å². The highest BCUT2D eigenvalue weighted by Crippen LogP contribution is 2.13. The van der Waals surface area contributed by atoms with E-state index < -0.39 is 11.7 Å². The van der Waals surface area contributed by atoms with E-state index in [1.165, 1.54) is 0 Å². The van der Waals surface area contributed by atoms with Gasteiger partial charge in [-0.25, -0.2) is 4.79 Å². The van der Waals surface area contributed by atoms with Gasteiger partial charge in [-0.1, -0.05) is 0 Å². The van der Waals surface area contributed by atoms with Crippen molar-refractivity contribution in [3.05, 3.63) is 17.5 Å². The van der Waals surface area contributed by atoms with Gasteiger partial charge in [-0.15, -0.1) is 0 Å². The third-order valence-corrected chi connectivity index (χ3v) is 2.54. The van der Waals surface area contributed by atoms with Crippen molar-refractivity contribution in [3.63, 3.8) is 0 Å². The van der Waals surface area contributed by atoms with Gasteiger partial charge in [-0.3, -0.25) is 4.68 Å². The molecule has 1 atom stereocenters. The Balaban J connectivity index is 2.49. The Labute approximate surface area is 107 Å². The molecule has 1 rings (SSSR count). The van der Waals surface area contributed by atoms with Crippen LogP contribution in [0.15, 0.2) is 6.20 Å². The number of nitrogens with zero attached hydrogens (tertiary/aromatic N) is 2. The number of hydrogen-bond acceptors (Lipinski definition) is 4. The van der Waals surface area contributed by atoms with Crippen LogP contribution < -0.4 is 11.1 Å². The molecule has 6 nitrogen and oxygen atoms in total. The Morgan fingerprint density at radius 3 is 2.67 bits per heavy atom. The fourth-order valence-electron chi connectivity index (χ4n) is 1.50. The molecule has 0 radical (unpaired) electrons. The summed E-state index contributed by atoms with van der Waals surface area (Å²) in [5.74, 6) is 0. The molecule has 1 aromatic rings. The summed E-state index contributed by atoms with van der Waals surface area (Å²) in [7, 11) is 1.85. The van der Waals surface area contributed by atoms with Crippen LogP contribution in [-0.2, 0) is 11.8 Å². The van der Waals surface area contributed by atoms with E-state index in [1.54, 1.807) is 10.9 Å². The van der Waals surface area contributed by atoms with Crippen molar-refractivity contribution >= 4 is 6.09 Å².